The lowest BCUT2D eigenvalue weighted by Gasteiger charge is -2.18. The number of esters is 1. The number of nitro benzene ring substituents is 1. The van der Waals surface area contributed by atoms with E-state index in [1.165, 1.54) is 6.07 Å². The van der Waals surface area contributed by atoms with Crippen molar-refractivity contribution in [2.24, 2.45) is 0 Å². The number of nitro groups is 1. The van der Waals surface area contributed by atoms with Gasteiger partial charge in [0.05, 0.1) is 12.0 Å². The minimum atomic E-state index is -1.99. The Morgan fingerprint density at radius 1 is 1.59 bits per heavy atom. The van der Waals surface area contributed by atoms with Crippen molar-refractivity contribution in [2.45, 2.75) is 18.6 Å². The number of alkyl halides is 1. The van der Waals surface area contributed by atoms with Crippen LogP contribution in [0.25, 0.3) is 0 Å². The Kier molecular flexibility index (Phi) is 4.60. The molecule has 1 aliphatic heterocycles. The summed E-state index contributed by atoms with van der Waals surface area (Å²) in [7, 11) is 2.77. The number of nitrogens with zero attached hydrogens (tertiary/aromatic N) is 2. The van der Waals surface area contributed by atoms with Crippen molar-refractivity contribution >= 4 is 17.3 Å². The number of rotatable bonds is 5. The molecule has 0 aliphatic carbocycles. The molecule has 1 aliphatic rings. The fraction of sp³-hybridized carbons (Fsp3) is 0.500. The number of carbonyl (C=O) groups excluding carboxylic acids is 1. The summed E-state index contributed by atoms with van der Waals surface area (Å²) in [6.45, 7) is 0.669. The summed E-state index contributed by atoms with van der Waals surface area (Å²) in [5.74, 6) is -0.869. The minimum Gasteiger partial charge on any atom is -0.467 e. The minimum absolute atomic E-state index is 0.0290. The molecule has 1 atom stereocenters. The lowest BCUT2D eigenvalue weighted by atomic mass is 10.1. The van der Waals surface area contributed by atoms with E-state index in [1.54, 1.807) is 24.1 Å². The highest BCUT2D eigenvalue weighted by atomic mass is 19.1. The van der Waals surface area contributed by atoms with Crippen molar-refractivity contribution in [1.29, 1.82) is 0 Å². The van der Waals surface area contributed by atoms with Gasteiger partial charge in [-0.05, 0) is 11.6 Å². The molecule has 1 saturated heterocycles. The maximum absolute atomic E-state index is 14.4. The monoisotopic (exact) mass is 311 g/mol. The lowest BCUT2D eigenvalue weighted by Crippen LogP contribution is -2.38. The van der Waals surface area contributed by atoms with Gasteiger partial charge in [0.2, 0.25) is 5.67 Å². The number of methoxy groups -OCH3 is 1. The van der Waals surface area contributed by atoms with Gasteiger partial charge in [0.1, 0.15) is 5.69 Å². The van der Waals surface area contributed by atoms with Gasteiger partial charge in [-0.1, -0.05) is 6.07 Å². The molecule has 0 aromatic heterocycles. The summed E-state index contributed by atoms with van der Waals surface area (Å²) < 4.78 is 18.8. The second-order valence-corrected chi connectivity index (χ2v) is 5.28. The van der Waals surface area contributed by atoms with Crippen molar-refractivity contribution in [3.63, 3.8) is 0 Å². The highest BCUT2D eigenvalue weighted by Crippen LogP contribution is 2.30. The van der Waals surface area contributed by atoms with Crippen LogP contribution >= 0.6 is 0 Å². The SMILES string of the molecule is CNc1ccc(CN2CCC(F)(C(=O)OC)C2)cc1[N+](=O)[O-]. The molecule has 1 unspecified atom stereocenters. The van der Waals surface area contributed by atoms with E-state index < -0.39 is 16.6 Å². The van der Waals surface area contributed by atoms with Gasteiger partial charge >= 0.3 is 5.97 Å². The fourth-order valence-corrected chi connectivity index (χ4v) is 2.63. The number of halogens is 1. The summed E-state index contributed by atoms with van der Waals surface area (Å²) >= 11 is 0. The second-order valence-electron chi connectivity index (χ2n) is 5.28. The first-order valence-corrected chi connectivity index (χ1v) is 6.84. The zero-order chi connectivity index (χ0) is 16.3. The number of nitrogens with one attached hydrogen (secondary N) is 1. The summed E-state index contributed by atoms with van der Waals surface area (Å²) in [6, 6.07) is 4.82. The first kappa shape index (κ1) is 16.2. The number of ether oxygens (including phenoxy) is 1. The van der Waals surface area contributed by atoms with E-state index in [0.717, 1.165) is 7.11 Å². The lowest BCUT2D eigenvalue weighted by molar-refractivity contribution is -0.384. The quantitative estimate of drug-likeness (QED) is 0.506. The standard InChI is InChI=1S/C14H18FN3O4/c1-16-11-4-3-10(7-12(11)18(20)21)8-17-6-5-14(15,9-17)13(19)22-2/h3-4,7,16H,5-6,8-9H2,1-2H3. The maximum atomic E-state index is 14.4. The largest absolute Gasteiger partial charge is 0.467 e. The third kappa shape index (κ3) is 3.16. The van der Waals surface area contributed by atoms with Crippen LogP contribution in [-0.4, -0.2) is 48.7 Å². The molecule has 1 aromatic carbocycles. The van der Waals surface area contributed by atoms with E-state index >= 15 is 0 Å². The molecule has 1 N–H and O–H groups in total. The summed E-state index contributed by atoms with van der Waals surface area (Å²) in [5.41, 5.74) is -0.908. The van der Waals surface area contributed by atoms with E-state index in [-0.39, 0.29) is 18.7 Å². The molecule has 0 saturated carbocycles. The molecular weight excluding hydrogens is 293 g/mol. The van der Waals surface area contributed by atoms with Gasteiger partial charge in [0.25, 0.3) is 5.69 Å². The van der Waals surface area contributed by atoms with Crippen LogP contribution in [-0.2, 0) is 16.1 Å². The molecule has 8 heteroatoms. The van der Waals surface area contributed by atoms with E-state index in [1.807, 2.05) is 0 Å². The first-order chi connectivity index (χ1) is 10.4. The third-order valence-corrected chi connectivity index (χ3v) is 3.78. The van der Waals surface area contributed by atoms with Crippen LogP contribution in [0, 0.1) is 10.1 Å². The zero-order valence-electron chi connectivity index (χ0n) is 12.5. The highest BCUT2D eigenvalue weighted by molar-refractivity contribution is 5.80. The van der Waals surface area contributed by atoms with Crippen molar-refractivity contribution in [3.8, 4) is 0 Å². The Bertz CT molecular complexity index is 595. The first-order valence-electron chi connectivity index (χ1n) is 6.84. The van der Waals surface area contributed by atoms with Gasteiger partial charge in [0, 0.05) is 39.2 Å². The number of hydrogen-bond donors (Lipinski definition) is 1. The number of carbonyl (C=O) groups is 1. The Morgan fingerprint density at radius 2 is 2.32 bits per heavy atom. The van der Waals surface area contributed by atoms with Crippen LogP contribution in [0.3, 0.4) is 0 Å². The number of hydrogen-bond acceptors (Lipinski definition) is 6. The van der Waals surface area contributed by atoms with Crippen LogP contribution in [0.4, 0.5) is 15.8 Å². The van der Waals surface area contributed by atoms with Gasteiger partial charge < -0.3 is 10.1 Å². The van der Waals surface area contributed by atoms with E-state index in [0.29, 0.717) is 24.3 Å². The number of benzene rings is 1. The molecule has 2 rings (SSSR count). The third-order valence-electron chi connectivity index (χ3n) is 3.78. The van der Waals surface area contributed by atoms with Gasteiger partial charge in [-0.3, -0.25) is 15.0 Å². The molecule has 0 spiro atoms. The molecule has 0 amide bonds. The summed E-state index contributed by atoms with van der Waals surface area (Å²) in [6.07, 6.45) is 0.0658. The van der Waals surface area contributed by atoms with Crippen molar-refractivity contribution in [1.82, 2.24) is 4.90 Å². The molecule has 1 aromatic rings. The average Bonchev–Trinajstić information content (AvgIpc) is 2.88. The predicted octanol–water partition coefficient (Wildman–Crippen LogP) is 1.72. The van der Waals surface area contributed by atoms with E-state index in [9.17, 15) is 19.3 Å². The average molecular weight is 311 g/mol. The number of likely N-dealkylation sites (tertiary alicyclic amines) is 1. The molecular formula is C14H18FN3O4. The zero-order valence-corrected chi connectivity index (χ0v) is 12.5. The molecule has 120 valence electrons. The Balaban J connectivity index is 2.11. The Labute approximate surface area is 127 Å². The highest BCUT2D eigenvalue weighted by Gasteiger charge is 2.46. The van der Waals surface area contributed by atoms with Crippen molar-refractivity contribution in [2.75, 3.05) is 32.6 Å². The second kappa shape index (κ2) is 6.27. The molecule has 0 radical (unpaired) electrons. The van der Waals surface area contributed by atoms with Gasteiger partial charge in [-0.15, -0.1) is 0 Å². The molecule has 1 fully saturated rings. The van der Waals surface area contributed by atoms with Crippen molar-refractivity contribution in [3.05, 3.63) is 33.9 Å². The summed E-state index contributed by atoms with van der Waals surface area (Å²) in [4.78, 5) is 23.8. The van der Waals surface area contributed by atoms with Crippen LogP contribution in [0.1, 0.15) is 12.0 Å². The number of anilines is 1. The molecule has 22 heavy (non-hydrogen) atoms. The molecule has 0 bridgehead atoms. The van der Waals surface area contributed by atoms with E-state index in [4.69, 9.17) is 0 Å². The van der Waals surface area contributed by atoms with Crippen molar-refractivity contribution < 1.29 is 18.8 Å². The predicted molar refractivity (Wildman–Crippen MR) is 78.4 cm³/mol. The van der Waals surface area contributed by atoms with Gasteiger partial charge in [-0.2, -0.15) is 0 Å². The van der Waals surface area contributed by atoms with Gasteiger partial charge in [-0.25, -0.2) is 9.18 Å². The molecule has 1 heterocycles. The topological polar surface area (TPSA) is 84.7 Å². The maximum Gasteiger partial charge on any atom is 0.345 e. The smallest absolute Gasteiger partial charge is 0.345 e. The van der Waals surface area contributed by atoms with Crippen LogP contribution < -0.4 is 5.32 Å². The van der Waals surface area contributed by atoms with Crippen LogP contribution in [0.5, 0.6) is 0 Å². The van der Waals surface area contributed by atoms with Gasteiger partial charge in [0.15, 0.2) is 0 Å². The van der Waals surface area contributed by atoms with Crippen LogP contribution in [0.15, 0.2) is 18.2 Å². The molecule has 7 nitrogen and oxygen atoms in total. The normalized spacial score (nSPS) is 21.6. The van der Waals surface area contributed by atoms with E-state index in [2.05, 4.69) is 10.1 Å². The Hall–Kier alpha value is -2.22. The Morgan fingerprint density at radius 3 is 2.91 bits per heavy atom. The van der Waals surface area contributed by atoms with Crippen LogP contribution in [0.2, 0.25) is 0 Å². The summed E-state index contributed by atoms with van der Waals surface area (Å²) in [5, 5.41) is 13.8. The fourth-order valence-electron chi connectivity index (χ4n) is 2.63.